The zero-order valence-corrected chi connectivity index (χ0v) is 12.8. The fourth-order valence-corrected chi connectivity index (χ4v) is 3.41. The Bertz CT molecular complexity index is 472. The molecule has 1 aromatic heterocycles. The lowest BCUT2D eigenvalue weighted by Gasteiger charge is -2.31. The summed E-state index contributed by atoms with van der Waals surface area (Å²) in [5.41, 5.74) is 7.63. The Morgan fingerprint density at radius 1 is 1.45 bits per heavy atom. The molecule has 0 unspecified atom stereocenters. The number of nitrogen functional groups attached to an aromatic ring is 1. The van der Waals surface area contributed by atoms with Gasteiger partial charge in [-0.2, -0.15) is 5.10 Å². The second-order valence-corrected chi connectivity index (χ2v) is 6.60. The predicted octanol–water partition coefficient (Wildman–Crippen LogP) is 2.64. The maximum absolute atomic E-state index is 12.2. The van der Waals surface area contributed by atoms with E-state index in [0.29, 0.717) is 17.3 Å². The molecule has 0 saturated heterocycles. The normalized spacial score (nSPS) is 17.6. The predicted molar refractivity (Wildman–Crippen MR) is 80.4 cm³/mol. The molecule has 5 nitrogen and oxygen atoms in total. The molecule has 0 bridgehead atoms. The van der Waals surface area contributed by atoms with E-state index in [2.05, 4.69) is 29.4 Å². The second kappa shape index (κ2) is 5.85. The minimum atomic E-state index is -0.165. The Morgan fingerprint density at radius 3 is 2.60 bits per heavy atom. The lowest BCUT2D eigenvalue weighted by atomic mass is 9.78. The molecular weight excluding hydrogens is 252 g/mol. The highest BCUT2D eigenvalue weighted by atomic mass is 16.1. The summed E-state index contributed by atoms with van der Waals surface area (Å²) in [6.07, 6.45) is 6.13. The van der Waals surface area contributed by atoms with Gasteiger partial charge in [-0.15, -0.1) is 0 Å². The molecule has 0 spiro atoms. The molecule has 112 valence electrons. The summed E-state index contributed by atoms with van der Waals surface area (Å²) in [4.78, 5) is 12.2. The van der Waals surface area contributed by atoms with Gasteiger partial charge >= 0.3 is 0 Å². The average Bonchev–Trinajstić information content (AvgIpc) is 2.96. The van der Waals surface area contributed by atoms with Crippen LogP contribution in [0.2, 0.25) is 0 Å². The molecule has 1 amide bonds. The summed E-state index contributed by atoms with van der Waals surface area (Å²) < 4.78 is 0. The summed E-state index contributed by atoms with van der Waals surface area (Å²) in [6.45, 7) is 7.04. The number of carbonyl (C=O) groups is 1. The van der Waals surface area contributed by atoms with Gasteiger partial charge in [0, 0.05) is 6.54 Å². The SMILES string of the molecule is Cc1[nH]nc(C(=O)NCC2(CC(C)C)CCCC2)c1N. The topological polar surface area (TPSA) is 83.8 Å². The first-order valence-corrected chi connectivity index (χ1v) is 7.52. The first-order chi connectivity index (χ1) is 9.43. The number of H-pyrrole nitrogens is 1. The van der Waals surface area contributed by atoms with Crippen LogP contribution in [-0.2, 0) is 0 Å². The molecule has 4 N–H and O–H groups in total. The van der Waals surface area contributed by atoms with E-state index < -0.39 is 0 Å². The molecule has 1 aliphatic carbocycles. The lowest BCUT2D eigenvalue weighted by molar-refractivity contribution is 0.0917. The first kappa shape index (κ1) is 14.9. The third-order valence-corrected chi connectivity index (χ3v) is 4.34. The molecule has 0 atom stereocenters. The molecule has 0 radical (unpaired) electrons. The van der Waals surface area contributed by atoms with Crippen molar-refractivity contribution in [1.82, 2.24) is 15.5 Å². The molecule has 1 saturated carbocycles. The van der Waals surface area contributed by atoms with Crippen LogP contribution in [0.15, 0.2) is 0 Å². The molecule has 1 fully saturated rings. The molecule has 1 aliphatic rings. The van der Waals surface area contributed by atoms with Gasteiger partial charge in [-0.3, -0.25) is 9.89 Å². The average molecular weight is 278 g/mol. The summed E-state index contributed by atoms with van der Waals surface area (Å²) in [5, 5.41) is 9.77. The van der Waals surface area contributed by atoms with Crippen LogP contribution in [0.5, 0.6) is 0 Å². The Kier molecular flexibility index (Phi) is 4.35. The number of nitrogens with zero attached hydrogens (tertiary/aromatic N) is 1. The number of anilines is 1. The number of rotatable bonds is 5. The molecule has 20 heavy (non-hydrogen) atoms. The van der Waals surface area contributed by atoms with Crippen LogP contribution in [-0.4, -0.2) is 22.6 Å². The van der Waals surface area contributed by atoms with Gasteiger partial charge in [0.15, 0.2) is 5.69 Å². The van der Waals surface area contributed by atoms with Gasteiger partial charge in [0.25, 0.3) is 5.91 Å². The summed E-state index contributed by atoms with van der Waals surface area (Å²) >= 11 is 0. The lowest BCUT2D eigenvalue weighted by Crippen LogP contribution is -2.37. The monoisotopic (exact) mass is 278 g/mol. The van der Waals surface area contributed by atoms with Gasteiger partial charge in [-0.1, -0.05) is 26.7 Å². The zero-order chi connectivity index (χ0) is 14.8. The van der Waals surface area contributed by atoms with Crippen LogP contribution in [0, 0.1) is 18.3 Å². The van der Waals surface area contributed by atoms with Crippen molar-refractivity contribution in [2.75, 3.05) is 12.3 Å². The summed E-state index contributed by atoms with van der Waals surface area (Å²) in [5.74, 6) is 0.490. The number of amides is 1. The Hall–Kier alpha value is -1.52. The van der Waals surface area contributed by atoms with Crippen LogP contribution in [0.3, 0.4) is 0 Å². The van der Waals surface area contributed by atoms with Crippen molar-refractivity contribution >= 4 is 11.6 Å². The fourth-order valence-electron chi connectivity index (χ4n) is 3.41. The van der Waals surface area contributed by atoms with E-state index in [0.717, 1.165) is 12.2 Å². The maximum Gasteiger partial charge on any atom is 0.273 e. The van der Waals surface area contributed by atoms with Crippen molar-refractivity contribution in [3.8, 4) is 0 Å². The van der Waals surface area contributed by atoms with Gasteiger partial charge in [-0.25, -0.2) is 0 Å². The quantitative estimate of drug-likeness (QED) is 0.774. The van der Waals surface area contributed by atoms with E-state index in [1.54, 1.807) is 0 Å². The van der Waals surface area contributed by atoms with Crippen molar-refractivity contribution in [2.24, 2.45) is 11.3 Å². The first-order valence-electron chi connectivity index (χ1n) is 7.52. The van der Waals surface area contributed by atoms with Crippen molar-refractivity contribution in [1.29, 1.82) is 0 Å². The third kappa shape index (κ3) is 3.14. The van der Waals surface area contributed by atoms with E-state index >= 15 is 0 Å². The maximum atomic E-state index is 12.2. The number of hydrogen-bond donors (Lipinski definition) is 3. The van der Waals surface area contributed by atoms with Gasteiger partial charge in [-0.05, 0) is 37.5 Å². The van der Waals surface area contributed by atoms with Crippen molar-refractivity contribution in [2.45, 2.75) is 52.9 Å². The van der Waals surface area contributed by atoms with Crippen LogP contribution in [0.25, 0.3) is 0 Å². The van der Waals surface area contributed by atoms with Crippen molar-refractivity contribution < 1.29 is 4.79 Å². The number of nitrogens with one attached hydrogen (secondary N) is 2. The summed E-state index contributed by atoms with van der Waals surface area (Å²) in [7, 11) is 0. The molecule has 1 aromatic rings. The fraction of sp³-hybridized carbons (Fsp3) is 0.733. The van der Waals surface area contributed by atoms with Crippen LogP contribution in [0.1, 0.15) is 62.1 Å². The Balaban J connectivity index is 1.99. The molecule has 1 heterocycles. The number of nitrogens with two attached hydrogens (primary N) is 1. The van der Waals surface area contributed by atoms with Gasteiger partial charge < -0.3 is 11.1 Å². The van der Waals surface area contributed by atoms with E-state index in [9.17, 15) is 4.79 Å². The molecule has 5 heteroatoms. The highest BCUT2D eigenvalue weighted by Gasteiger charge is 2.35. The van der Waals surface area contributed by atoms with E-state index in [4.69, 9.17) is 5.73 Å². The number of aryl methyl sites for hydroxylation is 1. The highest BCUT2D eigenvalue weighted by molar-refractivity contribution is 5.97. The Morgan fingerprint density at radius 2 is 2.10 bits per heavy atom. The highest BCUT2D eigenvalue weighted by Crippen LogP contribution is 2.42. The van der Waals surface area contributed by atoms with Gasteiger partial charge in [0.05, 0.1) is 11.4 Å². The van der Waals surface area contributed by atoms with E-state index in [-0.39, 0.29) is 11.3 Å². The summed E-state index contributed by atoms with van der Waals surface area (Å²) in [6, 6.07) is 0. The number of aromatic amines is 1. The third-order valence-electron chi connectivity index (χ3n) is 4.34. The standard InChI is InChI=1S/C15H26N4O/c1-10(2)8-15(6-4-5-7-15)9-17-14(20)13-12(16)11(3)18-19-13/h10H,4-9,16H2,1-3H3,(H,17,20)(H,18,19). The number of carbonyl (C=O) groups excluding carboxylic acids is 1. The smallest absolute Gasteiger partial charge is 0.273 e. The molecular formula is C15H26N4O. The van der Waals surface area contributed by atoms with E-state index in [1.807, 2.05) is 6.92 Å². The second-order valence-electron chi connectivity index (χ2n) is 6.60. The van der Waals surface area contributed by atoms with Gasteiger partial charge in [0.2, 0.25) is 0 Å². The van der Waals surface area contributed by atoms with Crippen molar-refractivity contribution in [3.63, 3.8) is 0 Å². The van der Waals surface area contributed by atoms with Crippen molar-refractivity contribution in [3.05, 3.63) is 11.4 Å². The number of aromatic nitrogens is 2. The zero-order valence-electron chi connectivity index (χ0n) is 12.8. The molecule has 2 rings (SSSR count). The number of hydrogen-bond acceptors (Lipinski definition) is 3. The minimum absolute atomic E-state index is 0.165. The van der Waals surface area contributed by atoms with Crippen LogP contribution < -0.4 is 11.1 Å². The molecule has 0 aromatic carbocycles. The van der Waals surface area contributed by atoms with E-state index in [1.165, 1.54) is 32.1 Å². The van der Waals surface area contributed by atoms with Crippen LogP contribution in [0.4, 0.5) is 5.69 Å². The van der Waals surface area contributed by atoms with Crippen LogP contribution >= 0.6 is 0 Å². The molecule has 0 aliphatic heterocycles. The van der Waals surface area contributed by atoms with Gasteiger partial charge in [0.1, 0.15) is 0 Å². The largest absolute Gasteiger partial charge is 0.395 e. The Labute approximate surface area is 120 Å². The minimum Gasteiger partial charge on any atom is -0.395 e.